The van der Waals surface area contributed by atoms with Crippen LogP contribution in [0.3, 0.4) is 0 Å². The molecule has 1 aliphatic heterocycles. The molecule has 0 aliphatic carbocycles. The summed E-state index contributed by atoms with van der Waals surface area (Å²) in [5.74, 6) is -0.388. The first-order valence-electron chi connectivity index (χ1n) is 7.83. The van der Waals surface area contributed by atoms with Crippen LogP contribution in [0.5, 0.6) is 5.75 Å². The summed E-state index contributed by atoms with van der Waals surface area (Å²) in [6.07, 6.45) is 1.51. The van der Waals surface area contributed by atoms with E-state index < -0.39 is 11.8 Å². The van der Waals surface area contributed by atoms with Crippen LogP contribution in [0.2, 0.25) is 10.0 Å². The number of aryl methyl sites for hydroxylation is 1. The summed E-state index contributed by atoms with van der Waals surface area (Å²) in [6, 6.07) is 10.0. The molecule has 1 aliphatic rings. The van der Waals surface area contributed by atoms with Crippen LogP contribution in [0.4, 0.5) is 5.69 Å². The molecule has 3 rings (SSSR count). The molecule has 0 bridgehead atoms. The van der Waals surface area contributed by atoms with Gasteiger partial charge in [0.25, 0.3) is 11.8 Å². The molecule has 0 atom stereocenters. The normalized spacial score (nSPS) is 15.9. The standard InChI is InChI=1S/C19H14Cl2N2O3S/c1-10-7-11(3-6-16(10)26-2)8-13-17(24)22-19(27)23(18(13)25)12-4-5-14(20)15(21)9-12/h3-9H,1-2H3,(H,22,24,27)/b13-8+. The highest BCUT2D eigenvalue weighted by Gasteiger charge is 2.34. The summed E-state index contributed by atoms with van der Waals surface area (Å²) in [7, 11) is 1.58. The van der Waals surface area contributed by atoms with Crippen molar-refractivity contribution in [2.45, 2.75) is 6.92 Å². The van der Waals surface area contributed by atoms with Gasteiger partial charge in [0.2, 0.25) is 0 Å². The minimum absolute atomic E-state index is 0.0218. The van der Waals surface area contributed by atoms with Gasteiger partial charge in [0.15, 0.2) is 5.11 Å². The third-order valence-corrected chi connectivity index (χ3v) is 5.02. The van der Waals surface area contributed by atoms with Gasteiger partial charge in [0.05, 0.1) is 22.8 Å². The number of nitrogens with one attached hydrogen (secondary N) is 1. The summed E-state index contributed by atoms with van der Waals surface area (Å²) in [4.78, 5) is 26.5. The zero-order valence-electron chi connectivity index (χ0n) is 14.4. The second-order valence-electron chi connectivity index (χ2n) is 5.79. The summed E-state index contributed by atoms with van der Waals surface area (Å²) < 4.78 is 5.23. The second-order valence-corrected chi connectivity index (χ2v) is 6.99. The third kappa shape index (κ3) is 3.83. The lowest BCUT2D eigenvalue weighted by Crippen LogP contribution is -2.54. The SMILES string of the molecule is COc1ccc(/C=C2\C(=O)NC(=S)N(c3ccc(Cl)c(Cl)c3)C2=O)cc1C. The van der Waals surface area contributed by atoms with Crippen LogP contribution in [0.15, 0.2) is 42.0 Å². The van der Waals surface area contributed by atoms with Crippen LogP contribution in [0, 0.1) is 6.92 Å². The molecule has 0 aromatic heterocycles. The van der Waals surface area contributed by atoms with Gasteiger partial charge in [-0.15, -0.1) is 0 Å². The highest BCUT2D eigenvalue weighted by molar-refractivity contribution is 7.80. The summed E-state index contributed by atoms with van der Waals surface area (Å²) in [5.41, 5.74) is 1.94. The Balaban J connectivity index is 2.01. The van der Waals surface area contributed by atoms with Gasteiger partial charge in [0.1, 0.15) is 11.3 Å². The third-order valence-electron chi connectivity index (χ3n) is 3.99. The van der Waals surface area contributed by atoms with E-state index in [1.54, 1.807) is 31.4 Å². The minimum atomic E-state index is -0.560. The number of benzene rings is 2. The largest absolute Gasteiger partial charge is 0.496 e. The fourth-order valence-corrected chi connectivity index (χ4v) is 3.25. The van der Waals surface area contributed by atoms with Gasteiger partial charge in [-0.25, -0.2) is 0 Å². The monoisotopic (exact) mass is 420 g/mol. The summed E-state index contributed by atoms with van der Waals surface area (Å²) in [5, 5.41) is 3.13. The van der Waals surface area contributed by atoms with Crippen LogP contribution in [-0.4, -0.2) is 24.0 Å². The molecule has 0 unspecified atom stereocenters. The molecule has 2 aromatic rings. The van der Waals surface area contributed by atoms with E-state index in [-0.39, 0.29) is 15.7 Å². The smallest absolute Gasteiger partial charge is 0.270 e. The van der Waals surface area contributed by atoms with E-state index in [4.69, 9.17) is 40.2 Å². The van der Waals surface area contributed by atoms with Crippen molar-refractivity contribution in [2.75, 3.05) is 12.0 Å². The quantitative estimate of drug-likeness (QED) is 0.460. The number of hydrogen-bond acceptors (Lipinski definition) is 4. The second kappa shape index (κ2) is 7.68. The Kier molecular flexibility index (Phi) is 5.51. The highest BCUT2D eigenvalue weighted by Crippen LogP contribution is 2.29. The number of amides is 2. The van der Waals surface area contributed by atoms with Crippen LogP contribution in [0.25, 0.3) is 6.08 Å². The predicted octanol–water partition coefficient (Wildman–Crippen LogP) is 4.14. The first-order valence-corrected chi connectivity index (χ1v) is 8.99. The van der Waals surface area contributed by atoms with Crippen molar-refractivity contribution in [3.8, 4) is 5.75 Å². The van der Waals surface area contributed by atoms with E-state index in [1.165, 1.54) is 17.0 Å². The number of methoxy groups -OCH3 is 1. The molecule has 1 fully saturated rings. The van der Waals surface area contributed by atoms with Crippen molar-refractivity contribution in [1.29, 1.82) is 0 Å². The molecule has 0 radical (unpaired) electrons. The highest BCUT2D eigenvalue weighted by atomic mass is 35.5. The predicted molar refractivity (Wildman–Crippen MR) is 110 cm³/mol. The Morgan fingerprint density at radius 1 is 1.11 bits per heavy atom. The zero-order chi connectivity index (χ0) is 19.7. The lowest BCUT2D eigenvalue weighted by Gasteiger charge is -2.29. The maximum atomic E-state index is 13.0. The van der Waals surface area contributed by atoms with Crippen LogP contribution in [0.1, 0.15) is 11.1 Å². The van der Waals surface area contributed by atoms with Crippen molar-refractivity contribution in [1.82, 2.24) is 5.32 Å². The number of ether oxygens (including phenoxy) is 1. The molecular formula is C19H14Cl2N2O3S. The minimum Gasteiger partial charge on any atom is -0.496 e. The topological polar surface area (TPSA) is 58.6 Å². The molecule has 27 heavy (non-hydrogen) atoms. The van der Waals surface area contributed by atoms with E-state index in [1.807, 2.05) is 13.0 Å². The number of nitrogens with zero attached hydrogens (tertiary/aromatic N) is 1. The Labute approximate surface area is 171 Å². The van der Waals surface area contributed by atoms with Crippen molar-refractivity contribution in [3.63, 3.8) is 0 Å². The van der Waals surface area contributed by atoms with E-state index >= 15 is 0 Å². The molecule has 8 heteroatoms. The molecule has 0 saturated carbocycles. The summed E-state index contributed by atoms with van der Waals surface area (Å²) in [6.45, 7) is 1.88. The number of anilines is 1. The number of hydrogen-bond donors (Lipinski definition) is 1. The van der Waals surface area contributed by atoms with E-state index in [0.29, 0.717) is 16.3 Å². The molecule has 2 aromatic carbocycles. The average Bonchev–Trinajstić information content (AvgIpc) is 2.61. The first kappa shape index (κ1) is 19.4. The van der Waals surface area contributed by atoms with Gasteiger partial charge in [0, 0.05) is 0 Å². The Hall–Kier alpha value is -2.41. The maximum absolute atomic E-state index is 13.0. The fraction of sp³-hybridized carbons (Fsp3) is 0.105. The zero-order valence-corrected chi connectivity index (χ0v) is 16.7. The number of halogens is 2. The number of thiocarbonyl (C=S) groups is 1. The molecule has 138 valence electrons. The fourth-order valence-electron chi connectivity index (χ4n) is 2.67. The molecule has 0 spiro atoms. The summed E-state index contributed by atoms with van der Waals surface area (Å²) >= 11 is 17.1. The Morgan fingerprint density at radius 3 is 2.48 bits per heavy atom. The van der Waals surface area contributed by atoms with Gasteiger partial charge < -0.3 is 4.74 Å². The van der Waals surface area contributed by atoms with Crippen LogP contribution < -0.4 is 15.0 Å². The molecule has 1 heterocycles. The van der Waals surface area contributed by atoms with Crippen LogP contribution in [-0.2, 0) is 9.59 Å². The average molecular weight is 421 g/mol. The van der Waals surface area contributed by atoms with Crippen molar-refractivity contribution in [3.05, 3.63) is 63.1 Å². The van der Waals surface area contributed by atoms with E-state index in [0.717, 1.165) is 11.3 Å². The van der Waals surface area contributed by atoms with Crippen LogP contribution >= 0.6 is 35.4 Å². The lowest BCUT2D eigenvalue weighted by molar-refractivity contribution is -0.122. The van der Waals surface area contributed by atoms with Gasteiger partial charge in [-0.05, 0) is 66.7 Å². The van der Waals surface area contributed by atoms with Crippen molar-refractivity contribution < 1.29 is 14.3 Å². The maximum Gasteiger partial charge on any atom is 0.270 e. The first-order chi connectivity index (χ1) is 12.8. The molecule has 1 N–H and O–H groups in total. The van der Waals surface area contributed by atoms with E-state index in [9.17, 15) is 9.59 Å². The Morgan fingerprint density at radius 2 is 1.85 bits per heavy atom. The van der Waals surface area contributed by atoms with Gasteiger partial charge in [-0.2, -0.15) is 0 Å². The van der Waals surface area contributed by atoms with Gasteiger partial charge in [-0.3, -0.25) is 19.8 Å². The van der Waals surface area contributed by atoms with E-state index in [2.05, 4.69) is 5.32 Å². The molecule has 2 amide bonds. The van der Waals surface area contributed by atoms with Gasteiger partial charge in [-0.1, -0.05) is 29.3 Å². The molecule has 5 nitrogen and oxygen atoms in total. The Bertz CT molecular complexity index is 1000. The number of carbonyl (C=O) groups is 2. The molecular weight excluding hydrogens is 407 g/mol. The number of carbonyl (C=O) groups excluding carboxylic acids is 2. The number of rotatable bonds is 3. The molecule has 1 saturated heterocycles. The van der Waals surface area contributed by atoms with Crippen molar-refractivity contribution >= 4 is 64.1 Å². The lowest BCUT2D eigenvalue weighted by atomic mass is 10.0. The van der Waals surface area contributed by atoms with Gasteiger partial charge >= 0.3 is 0 Å². The van der Waals surface area contributed by atoms with Crippen molar-refractivity contribution in [2.24, 2.45) is 0 Å².